The number of carbonyl (C=O) groups is 1. The zero-order valence-corrected chi connectivity index (χ0v) is 14.5. The van der Waals surface area contributed by atoms with E-state index in [4.69, 9.17) is 0 Å². The molecular weight excluding hydrogens is 336 g/mol. The number of hydrogen-bond acceptors (Lipinski definition) is 2. The van der Waals surface area contributed by atoms with Crippen LogP contribution < -0.4 is 0 Å². The molecule has 0 bridgehead atoms. The third-order valence-electron chi connectivity index (χ3n) is 3.45. The number of amides is 1. The van der Waals surface area contributed by atoms with Crippen molar-refractivity contribution in [2.45, 2.75) is 32.9 Å². The second kappa shape index (κ2) is 6.14. The van der Waals surface area contributed by atoms with Crippen LogP contribution in [0.25, 0.3) is 0 Å². The Bertz CT molecular complexity index is 589. The van der Waals surface area contributed by atoms with Gasteiger partial charge in [0, 0.05) is 28.6 Å². The largest absolute Gasteiger partial charge is 0.340 e. The predicted octanol–water partition coefficient (Wildman–Crippen LogP) is 4.73. The lowest BCUT2D eigenvalue weighted by Gasteiger charge is -2.25. The number of halogens is 1. The van der Waals surface area contributed by atoms with Crippen molar-refractivity contribution in [2.24, 2.45) is 0 Å². The van der Waals surface area contributed by atoms with Crippen LogP contribution in [-0.4, -0.2) is 22.4 Å². The van der Waals surface area contributed by atoms with E-state index in [-0.39, 0.29) is 18.0 Å². The van der Waals surface area contributed by atoms with Gasteiger partial charge in [0.2, 0.25) is 0 Å². The summed E-state index contributed by atoms with van der Waals surface area (Å²) in [7, 11) is 1.86. The first-order valence-corrected chi connectivity index (χ1v) is 8.27. The summed E-state index contributed by atoms with van der Waals surface area (Å²) in [6.45, 7) is 6.21. The molecule has 1 unspecified atom stereocenters. The van der Waals surface area contributed by atoms with E-state index in [1.54, 1.807) is 16.2 Å². The summed E-state index contributed by atoms with van der Waals surface area (Å²) in [5, 5.41) is 2.04. The number of hydrogen-bond donors (Lipinski definition) is 0. The van der Waals surface area contributed by atoms with Gasteiger partial charge in [0.25, 0.3) is 5.91 Å². The van der Waals surface area contributed by atoms with Gasteiger partial charge in [0.15, 0.2) is 0 Å². The maximum Gasteiger partial charge on any atom is 0.270 e. The predicted molar refractivity (Wildman–Crippen MR) is 87.3 cm³/mol. The molecule has 2 rings (SSSR count). The molecule has 0 spiro atoms. The molecule has 0 saturated carbocycles. The molecule has 1 amide bonds. The fraction of sp³-hybridized carbons (Fsp3) is 0.400. The highest BCUT2D eigenvalue weighted by atomic mass is 79.9. The normalized spacial score (nSPS) is 12.7. The Morgan fingerprint density at radius 3 is 2.65 bits per heavy atom. The van der Waals surface area contributed by atoms with Crippen molar-refractivity contribution in [3.63, 3.8) is 0 Å². The van der Waals surface area contributed by atoms with Gasteiger partial charge in [-0.1, -0.05) is 6.07 Å². The number of nitrogens with zero attached hydrogens (tertiary/aromatic N) is 2. The van der Waals surface area contributed by atoms with E-state index in [0.717, 1.165) is 10.2 Å². The average Bonchev–Trinajstić information content (AvgIpc) is 3.04. The van der Waals surface area contributed by atoms with Crippen LogP contribution >= 0.6 is 27.3 Å². The second-order valence-electron chi connectivity index (χ2n) is 5.15. The molecule has 0 N–H and O–H groups in total. The van der Waals surface area contributed by atoms with Gasteiger partial charge >= 0.3 is 0 Å². The molecule has 0 saturated heterocycles. The first-order chi connectivity index (χ1) is 9.41. The van der Waals surface area contributed by atoms with Crippen LogP contribution in [0, 0.1) is 0 Å². The molecule has 0 fully saturated rings. The van der Waals surface area contributed by atoms with E-state index in [9.17, 15) is 4.79 Å². The Kier molecular flexibility index (Phi) is 4.70. The van der Waals surface area contributed by atoms with Crippen molar-refractivity contribution in [3.05, 3.63) is 44.8 Å². The summed E-state index contributed by atoms with van der Waals surface area (Å²) >= 11 is 5.13. The zero-order valence-electron chi connectivity index (χ0n) is 12.1. The minimum Gasteiger partial charge on any atom is -0.340 e. The van der Waals surface area contributed by atoms with Crippen molar-refractivity contribution < 1.29 is 4.79 Å². The Hall–Kier alpha value is -1.07. The number of aromatic nitrogens is 1. The summed E-state index contributed by atoms with van der Waals surface area (Å²) in [5.41, 5.74) is 0.720. The molecule has 2 heterocycles. The van der Waals surface area contributed by atoms with Gasteiger partial charge in [0.05, 0.1) is 6.04 Å². The number of carbonyl (C=O) groups excluding carboxylic acids is 1. The van der Waals surface area contributed by atoms with Gasteiger partial charge in [-0.3, -0.25) is 4.79 Å². The molecule has 3 nitrogen and oxygen atoms in total. The first kappa shape index (κ1) is 15.3. The Morgan fingerprint density at radius 1 is 1.40 bits per heavy atom. The van der Waals surface area contributed by atoms with Crippen molar-refractivity contribution in [2.75, 3.05) is 7.05 Å². The number of thiophene rings is 1. The van der Waals surface area contributed by atoms with Gasteiger partial charge in [-0.2, -0.15) is 0 Å². The van der Waals surface area contributed by atoms with Crippen LogP contribution in [0.15, 0.2) is 34.2 Å². The van der Waals surface area contributed by atoms with E-state index < -0.39 is 0 Å². The van der Waals surface area contributed by atoms with Crippen LogP contribution in [0.3, 0.4) is 0 Å². The zero-order chi connectivity index (χ0) is 14.9. The Balaban J connectivity index is 2.27. The minimum atomic E-state index is 0.0466. The van der Waals surface area contributed by atoms with Gasteiger partial charge < -0.3 is 9.47 Å². The molecule has 2 aromatic rings. The van der Waals surface area contributed by atoms with E-state index in [0.29, 0.717) is 0 Å². The minimum absolute atomic E-state index is 0.0466. The molecule has 0 aliphatic carbocycles. The van der Waals surface area contributed by atoms with Crippen LogP contribution in [0.1, 0.15) is 48.2 Å². The SMILES string of the molecule is CC(c1cccs1)N(C)C(=O)c1cc(Br)cn1C(C)C. The van der Waals surface area contributed by atoms with E-state index >= 15 is 0 Å². The van der Waals surface area contributed by atoms with Crippen LogP contribution in [0.5, 0.6) is 0 Å². The topological polar surface area (TPSA) is 25.2 Å². The fourth-order valence-corrected chi connectivity index (χ4v) is 3.38. The molecule has 5 heteroatoms. The molecule has 108 valence electrons. The first-order valence-electron chi connectivity index (χ1n) is 6.59. The highest BCUT2D eigenvalue weighted by Crippen LogP contribution is 2.27. The maximum absolute atomic E-state index is 12.7. The second-order valence-corrected chi connectivity index (χ2v) is 7.05. The Labute approximate surface area is 132 Å². The lowest BCUT2D eigenvalue weighted by molar-refractivity contribution is 0.0732. The van der Waals surface area contributed by atoms with E-state index in [2.05, 4.69) is 42.8 Å². The number of rotatable bonds is 4. The van der Waals surface area contributed by atoms with Gasteiger partial charge in [-0.15, -0.1) is 11.3 Å². The van der Waals surface area contributed by atoms with Crippen LogP contribution in [0.2, 0.25) is 0 Å². The molecule has 0 aliphatic heterocycles. The van der Waals surface area contributed by atoms with Gasteiger partial charge in [0.1, 0.15) is 5.69 Å². The summed E-state index contributed by atoms with van der Waals surface area (Å²) in [6.07, 6.45) is 1.96. The molecule has 20 heavy (non-hydrogen) atoms. The van der Waals surface area contributed by atoms with Crippen LogP contribution in [-0.2, 0) is 0 Å². The highest BCUT2D eigenvalue weighted by Gasteiger charge is 2.23. The smallest absolute Gasteiger partial charge is 0.270 e. The fourth-order valence-electron chi connectivity index (χ4n) is 2.12. The summed E-state index contributed by atoms with van der Waals surface area (Å²) in [6, 6.07) is 6.31. The molecule has 2 aromatic heterocycles. The quantitative estimate of drug-likeness (QED) is 0.779. The van der Waals surface area contributed by atoms with Crippen molar-refractivity contribution in [1.82, 2.24) is 9.47 Å². The van der Waals surface area contributed by atoms with Crippen molar-refractivity contribution in [1.29, 1.82) is 0 Å². The maximum atomic E-state index is 12.7. The lowest BCUT2D eigenvalue weighted by Crippen LogP contribution is -2.31. The third kappa shape index (κ3) is 2.99. The van der Waals surface area contributed by atoms with Crippen molar-refractivity contribution >= 4 is 33.2 Å². The van der Waals surface area contributed by atoms with E-state index in [1.807, 2.05) is 35.3 Å². The molecule has 0 radical (unpaired) electrons. The average molecular weight is 355 g/mol. The highest BCUT2D eigenvalue weighted by molar-refractivity contribution is 9.10. The van der Waals surface area contributed by atoms with Crippen molar-refractivity contribution in [3.8, 4) is 0 Å². The third-order valence-corrected chi connectivity index (χ3v) is 4.92. The van der Waals surface area contributed by atoms with E-state index in [1.165, 1.54) is 4.88 Å². The lowest BCUT2D eigenvalue weighted by atomic mass is 10.2. The molecule has 1 atom stereocenters. The van der Waals surface area contributed by atoms with Crippen LogP contribution in [0.4, 0.5) is 0 Å². The Morgan fingerprint density at radius 2 is 2.10 bits per heavy atom. The molecule has 0 aliphatic rings. The standard InChI is InChI=1S/C15H19BrN2OS/c1-10(2)18-9-12(16)8-13(18)15(19)17(4)11(3)14-6-5-7-20-14/h5-11H,1-4H3. The summed E-state index contributed by atoms with van der Waals surface area (Å²) in [5.74, 6) is 0.0466. The van der Waals surface area contributed by atoms with Gasteiger partial charge in [-0.25, -0.2) is 0 Å². The summed E-state index contributed by atoms with van der Waals surface area (Å²) < 4.78 is 2.94. The van der Waals surface area contributed by atoms with Gasteiger partial charge in [-0.05, 0) is 54.2 Å². The molecular formula is C15H19BrN2OS. The molecule has 0 aromatic carbocycles. The monoisotopic (exact) mass is 354 g/mol. The summed E-state index contributed by atoms with van der Waals surface area (Å²) in [4.78, 5) is 15.7.